The van der Waals surface area contributed by atoms with Crippen molar-refractivity contribution in [3.05, 3.63) is 96.0 Å². The van der Waals surface area contributed by atoms with Gasteiger partial charge in [-0.3, -0.25) is 15.0 Å². The van der Waals surface area contributed by atoms with Crippen molar-refractivity contribution < 1.29 is 18.3 Å². The Labute approximate surface area is 285 Å². The summed E-state index contributed by atoms with van der Waals surface area (Å²) in [7, 11) is -0.255. The van der Waals surface area contributed by atoms with E-state index in [1.165, 1.54) is 6.20 Å². The van der Waals surface area contributed by atoms with Gasteiger partial charge in [0.05, 0.1) is 31.1 Å². The Balaban J connectivity index is 1.50. The van der Waals surface area contributed by atoms with Crippen molar-refractivity contribution in [1.82, 2.24) is 15.0 Å². The number of rotatable bonds is 13. The molecule has 48 heavy (non-hydrogen) atoms. The van der Waals surface area contributed by atoms with E-state index in [1.54, 1.807) is 25.4 Å². The van der Waals surface area contributed by atoms with E-state index in [0.29, 0.717) is 37.7 Å². The summed E-state index contributed by atoms with van der Waals surface area (Å²) in [5.74, 6) is 0.842. The molecule has 0 saturated carbocycles. The van der Waals surface area contributed by atoms with Gasteiger partial charge in [0.25, 0.3) is 0 Å². The molecule has 11 heteroatoms. The largest absolute Gasteiger partial charge is 0.497 e. The fraction of sp³-hybridized carbons (Fsp3) is 0.432. The molecular weight excluding hydrogens is 624 g/mol. The van der Waals surface area contributed by atoms with Gasteiger partial charge in [-0.1, -0.05) is 39.0 Å². The molecule has 1 unspecified atom stereocenters. The molecule has 0 radical (unpaired) electrons. The number of benzene rings is 1. The number of hydrogen-bond donors (Lipinski definition) is 0. The molecule has 1 aromatic carbocycles. The molecule has 4 heterocycles. The molecule has 0 aliphatic carbocycles. The molecule has 1 aliphatic rings. The maximum atomic E-state index is 15.0. The number of anilines is 3. The molecule has 1 atom stereocenters. The molecule has 0 saturated heterocycles. The lowest BCUT2D eigenvalue weighted by atomic mass is 10.1. The Morgan fingerprint density at radius 3 is 2.29 bits per heavy atom. The second-order valence-corrected chi connectivity index (χ2v) is 18.8. The first-order valence-electron chi connectivity index (χ1n) is 16.6. The lowest BCUT2D eigenvalue weighted by molar-refractivity contribution is 0.199. The highest BCUT2D eigenvalue weighted by Crippen LogP contribution is 2.49. The lowest BCUT2D eigenvalue weighted by Gasteiger charge is -2.39. The number of methoxy groups -OCH3 is 1. The van der Waals surface area contributed by atoms with Gasteiger partial charge in [0, 0.05) is 43.3 Å². The van der Waals surface area contributed by atoms with Gasteiger partial charge < -0.3 is 18.8 Å². The Hall–Kier alpha value is -4.22. The fourth-order valence-corrected chi connectivity index (χ4v) is 6.76. The van der Waals surface area contributed by atoms with Crippen LogP contribution in [-0.2, 0) is 17.5 Å². The van der Waals surface area contributed by atoms with E-state index in [2.05, 4.69) is 79.5 Å². The third kappa shape index (κ3) is 7.42. The average Bonchev–Trinajstić information content (AvgIpc) is 3.36. The average molecular weight is 673 g/mol. The second kappa shape index (κ2) is 14.5. The van der Waals surface area contributed by atoms with Crippen LogP contribution < -0.4 is 24.4 Å². The minimum absolute atomic E-state index is 0.0459. The number of ether oxygens (including phenoxy) is 2. The Morgan fingerprint density at radius 1 is 0.917 bits per heavy atom. The molecule has 0 spiro atoms. The first-order valence-corrected chi connectivity index (χ1v) is 19.5. The van der Waals surface area contributed by atoms with E-state index in [9.17, 15) is 0 Å². The van der Waals surface area contributed by atoms with Gasteiger partial charge in [-0.2, -0.15) is 4.39 Å². The first-order chi connectivity index (χ1) is 22.8. The quantitative estimate of drug-likeness (QED) is 0.0792. The first kappa shape index (κ1) is 35.1. The van der Waals surface area contributed by atoms with Crippen LogP contribution in [0, 0.1) is 5.95 Å². The summed E-state index contributed by atoms with van der Waals surface area (Å²) in [5, 5.41) is 4.60. The monoisotopic (exact) mass is 672 g/mol. The van der Waals surface area contributed by atoms with Gasteiger partial charge in [-0.25, -0.2) is 9.97 Å². The maximum Gasteiger partial charge on any atom is 0.239 e. The van der Waals surface area contributed by atoms with Crippen molar-refractivity contribution in [2.75, 3.05) is 35.2 Å². The summed E-state index contributed by atoms with van der Waals surface area (Å²) in [6.45, 7) is 19.4. The topological polar surface area (TPSA) is 76.1 Å². The van der Waals surface area contributed by atoms with Gasteiger partial charge in [0.1, 0.15) is 23.7 Å². The second-order valence-electron chi connectivity index (χ2n) is 14.0. The minimum Gasteiger partial charge on any atom is -0.497 e. The van der Waals surface area contributed by atoms with Crippen molar-refractivity contribution >= 4 is 25.4 Å². The molecular formula is C37H49FN6O3Si. The number of hydrazine groups is 1. The van der Waals surface area contributed by atoms with Crippen molar-refractivity contribution in [2.45, 2.75) is 84.8 Å². The van der Waals surface area contributed by atoms with Crippen LogP contribution >= 0.6 is 0 Å². The van der Waals surface area contributed by atoms with Gasteiger partial charge in [0.2, 0.25) is 11.8 Å². The number of fused-ring (bicyclic) bond motifs is 1. The van der Waals surface area contributed by atoms with Crippen LogP contribution in [0.15, 0.2) is 73.2 Å². The summed E-state index contributed by atoms with van der Waals surface area (Å²) >= 11 is 0. The summed E-state index contributed by atoms with van der Waals surface area (Å²) in [6.07, 6.45) is 5.07. The van der Waals surface area contributed by atoms with Crippen molar-refractivity contribution in [3.63, 3.8) is 0 Å². The predicted octanol–water partition coefficient (Wildman–Crippen LogP) is 8.34. The standard InChI is InChI=1S/C37H49FN6O3Si/c1-26(2)43-34-31(42(25-29-12-10-19-40-35(29)38)24-28-14-16-30(45-7)17-15-28)18-21-39-33(34)27(3)44(43)32-13-11-20-41-36(32)46-22-23-47-48(8,9)37(4,5)6/h10-21,26-27H,22-25H2,1-9H3. The van der Waals surface area contributed by atoms with Crippen LogP contribution in [0.4, 0.5) is 21.5 Å². The van der Waals surface area contributed by atoms with Crippen molar-refractivity contribution in [3.8, 4) is 11.6 Å². The van der Waals surface area contributed by atoms with Crippen LogP contribution in [-0.4, -0.2) is 49.6 Å². The van der Waals surface area contributed by atoms with Gasteiger partial charge >= 0.3 is 0 Å². The SMILES string of the molecule is COc1ccc(CN(Cc2cccnc2F)c2ccnc3c2N(C(C)C)N(c2cccnc2OCCO[Si](C)(C)C(C)(C)C)C3C)cc1. The zero-order valence-corrected chi connectivity index (χ0v) is 30.7. The fourth-order valence-electron chi connectivity index (χ4n) is 5.74. The third-order valence-corrected chi connectivity index (χ3v) is 13.8. The number of pyridine rings is 3. The lowest BCUT2D eigenvalue weighted by Crippen LogP contribution is -2.45. The van der Waals surface area contributed by atoms with E-state index in [1.807, 2.05) is 48.7 Å². The van der Waals surface area contributed by atoms with Crippen LogP contribution in [0.5, 0.6) is 11.6 Å². The van der Waals surface area contributed by atoms with E-state index in [0.717, 1.165) is 34.1 Å². The highest BCUT2D eigenvalue weighted by atomic mass is 28.4. The summed E-state index contributed by atoms with van der Waals surface area (Å²) < 4.78 is 33.1. The van der Waals surface area contributed by atoms with Gasteiger partial charge in [0.15, 0.2) is 8.32 Å². The molecule has 5 rings (SSSR count). The van der Waals surface area contributed by atoms with Gasteiger partial charge in [-0.15, -0.1) is 0 Å². The van der Waals surface area contributed by atoms with Crippen LogP contribution in [0.3, 0.4) is 0 Å². The third-order valence-electron chi connectivity index (χ3n) is 9.30. The molecule has 9 nitrogen and oxygen atoms in total. The van der Waals surface area contributed by atoms with Gasteiger partial charge in [-0.05, 0) is 80.9 Å². The molecule has 0 bridgehead atoms. The van der Waals surface area contributed by atoms with Crippen LogP contribution in [0.25, 0.3) is 0 Å². The molecule has 256 valence electrons. The number of halogens is 1. The smallest absolute Gasteiger partial charge is 0.239 e. The number of nitrogens with zero attached hydrogens (tertiary/aromatic N) is 6. The number of aromatic nitrogens is 3. The summed E-state index contributed by atoms with van der Waals surface area (Å²) in [6, 6.07) is 17.4. The molecule has 0 amide bonds. The molecule has 4 aromatic rings. The number of hydrogen-bond acceptors (Lipinski definition) is 9. The van der Waals surface area contributed by atoms with E-state index in [-0.39, 0.29) is 17.1 Å². The predicted molar refractivity (Wildman–Crippen MR) is 193 cm³/mol. The Bertz CT molecular complexity index is 1680. The van der Waals surface area contributed by atoms with Crippen LogP contribution in [0.1, 0.15) is 64.4 Å². The molecule has 0 N–H and O–H groups in total. The van der Waals surface area contributed by atoms with E-state index >= 15 is 4.39 Å². The molecule has 1 aliphatic heterocycles. The highest BCUT2D eigenvalue weighted by molar-refractivity contribution is 6.74. The summed E-state index contributed by atoms with van der Waals surface area (Å²) in [5.41, 5.74) is 5.25. The van der Waals surface area contributed by atoms with E-state index < -0.39 is 14.3 Å². The molecule has 0 fully saturated rings. The molecule has 3 aromatic heterocycles. The van der Waals surface area contributed by atoms with Crippen LogP contribution in [0.2, 0.25) is 18.1 Å². The van der Waals surface area contributed by atoms with Crippen molar-refractivity contribution in [1.29, 1.82) is 0 Å². The maximum absolute atomic E-state index is 15.0. The Morgan fingerprint density at radius 2 is 1.62 bits per heavy atom. The van der Waals surface area contributed by atoms with Crippen molar-refractivity contribution in [2.24, 2.45) is 0 Å². The Kier molecular flexibility index (Phi) is 10.6. The zero-order chi connectivity index (χ0) is 34.6. The minimum atomic E-state index is -1.91. The zero-order valence-electron chi connectivity index (χ0n) is 29.7. The normalized spacial score (nSPS) is 14.8. The van der Waals surface area contributed by atoms with E-state index in [4.69, 9.17) is 18.9 Å². The highest BCUT2D eigenvalue weighted by Gasteiger charge is 2.41. The summed E-state index contributed by atoms with van der Waals surface area (Å²) in [4.78, 5) is 15.7.